The van der Waals surface area contributed by atoms with Gasteiger partial charge in [0, 0.05) is 5.92 Å². The number of rotatable bonds is 0. The highest BCUT2D eigenvalue weighted by molar-refractivity contribution is 5.76. The van der Waals surface area contributed by atoms with Crippen molar-refractivity contribution in [2.45, 2.75) is 21.3 Å². The summed E-state index contributed by atoms with van der Waals surface area (Å²) in [5, 5.41) is 0. The zero-order chi connectivity index (χ0) is 7.02. The molecular formula is C8H14O2. The Balaban J connectivity index is 0.000000810. The molecule has 0 amide bonds. The molecule has 0 aromatic rings. The normalized spacial score (nSPS) is 31.4. The van der Waals surface area contributed by atoms with Crippen LogP contribution in [0.4, 0.5) is 0 Å². The summed E-state index contributed by atoms with van der Waals surface area (Å²) in [6.45, 7) is 7.39. The lowest BCUT2D eigenvalue weighted by atomic mass is 9.98. The number of esters is 1. The van der Waals surface area contributed by atoms with Crippen LogP contribution in [0, 0.1) is 11.8 Å². The average molecular weight is 142 g/mol. The molecule has 2 nitrogen and oxygen atoms in total. The lowest BCUT2D eigenvalue weighted by Gasteiger charge is -2.00. The van der Waals surface area contributed by atoms with E-state index < -0.39 is 0 Å². The first kappa shape index (κ1) is 9.21. The van der Waals surface area contributed by atoms with Gasteiger partial charge in [0.1, 0.15) is 5.76 Å². The Morgan fingerprint density at radius 2 is 1.90 bits per heavy atom. The third-order valence-corrected chi connectivity index (χ3v) is 1.86. The number of ether oxygens (including phenoxy) is 1. The Bertz CT molecular complexity index is 143. The third-order valence-electron chi connectivity index (χ3n) is 1.86. The van der Waals surface area contributed by atoms with Crippen LogP contribution in [0.1, 0.15) is 21.3 Å². The molecule has 0 bridgehead atoms. The molecule has 0 saturated carbocycles. The fourth-order valence-corrected chi connectivity index (χ4v) is 0.798. The maximum absolute atomic E-state index is 10.7. The predicted octanol–water partition coefficient (Wildman–Crippen LogP) is 1.97. The van der Waals surface area contributed by atoms with Gasteiger partial charge in [-0.2, -0.15) is 0 Å². The SMILES string of the molecule is C.C=C1OC(=O)C(C)C1C. The average Bonchev–Trinajstić information content (AvgIpc) is 1.98. The minimum atomic E-state index is -0.146. The predicted molar refractivity (Wildman–Crippen MR) is 40.3 cm³/mol. The van der Waals surface area contributed by atoms with Gasteiger partial charge in [0.25, 0.3) is 0 Å². The maximum Gasteiger partial charge on any atom is 0.314 e. The Hall–Kier alpha value is -0.790. The van der Waals surface area contributed by atoms with E-state index >= 15 is 0 Å². The minimum absolute atomic E-state index is 0. The second kappa shape index (κ2) is 2.86. The highest BCUT2D eigenvalue weighted by Gasteiger charge is 2.32. The molecule has 2 atom stereocenters. The van der Waals surface area contributed by atoms with Gasteiger partial charge < -0.3 is 4.74 Å². The number of hydrogen-bond donors (Lipinski definition) is 0. The fourth-order valence-electron chi connectivity index (χ4n) is 0.798. The van der Waals surface area contributed by atoms with Crippen molar-refractivity contribution in [3.63, 3.8) is 0 Å². The molecule has 1 saturated heterocycles. The van der Waals surface area contributed by atoms with Gasteiger partial charge in [-0.05, 0) is 0 Å². The summed E-state index contributed by atoms with van der Waals surface area (Å²) in [6.07, 6.45) is 0. The van der Waals surface area contributed by atoms with Crippen LogP contribution in [-0.4, -0.2) is 5.97 Å². The van der Waals surface area contributed by atoms with Crippen LogP contribution in [0.3, 0.4) is 0 Å². The van der Waals surface area contributed by atoms with Crippen LogP contribution in [0.25, 0.3) is 0 Å². The molecule has 0 aromatic carbocycles. The lowest BCUT2D eigenvalue weighted by Crippen LogP contribution is -2.07. The Morgan fingerprint density at radius 3 is 2.00 bits per heavy atom. The summed E-state index contributed by atoms with van der Waals surface area (Å²) in [7, 11) is 0. The molecule has 0 aromatic heterocycles. The van der Waals surface area contributed by atoms with Crippen molar-refractivity contribution in [3.05, 3.63) is 12.3 Å². The Kier molecular flexibility index (Phi) is 2.64. The quantitative estimate of drug-likeness (QED) is 0.483. The van der Waals surface area contributed by atoms with Crippen LogP contribution < -0.4 is 0 Å². The maximum atomic E-state index is 10.7. The van der Waals surface area contributed by atoms with Gasteiger partial charge in [-0.3, -0.25) is 4.79 Å². The van der Waals surface area contributed by atoms with E-state index in [0.29, 0.717) is 5.76 Å². The minimum Gasteiger partial charge on any atom is -0.431 e. The monoisotopic (exact) mass is 142 g/mol. The molecule has 58 valence electrons. The summed E-state index contributed by atoms with van der Waals surface area (Å²) in [4.78, 5) is 10.7. The number of carbonyl (C=O) groups is 1. The summed E-state index contributed by atoms with van der Waals surface area (Å²) in [5.41, 5.74) is 0. The van der Waals surface area contributed by atoms with E-state index in [9.17, 15) is 4.79 Å². The van der Waals surface area contributed by atoms with Crippen molar-refractivity contribution in [1.29, 1.82) is 0 Å². The third kappa shape index (κ3) is 1.20. The summed E-state index contributed by atoms with van der Waals surface area (Å²) in [5.74, 6) is 0.648. The zero-order valence-electron chi connectivity index (χ0n) is 5.68. The molecule has 0 radical (unpaired) electrons. The van der Waals surface area contributed by atoms with Crippen molar-refractivity contribution in [2.75, 3.05) is 0 Å². The second-order valence-corrected chi connectivity index (χ2v) is 2.46. The highest BCUT2D eigenvalue weighted by Crippen LogP contribution is 2.28. The first-order chi connectivity index (χ1) is 4.13. The summed E-state index contributed by atoms with van der Waals surface area (Å²) < 4.78 is 4.75. The summed E-state index contributed by atoms with van der Waals surface area (Å²) in [6, 6.07) is 0. The molecule has 1 rings (SSSR count). The van der Waals surface area contributed by atoms with Crippen molar-refractivity contribution in [1.82, 2.24) is 0 Å². The van der Waals surface area contributed by atoms with E-state index in [2.05, 4.69) is 6.58 Å². The van der Waals surface area contributed by atoms with Crippen LogP contribution in [-0.2, 0) is 9.53 Å². The molecule has 2 unspecified atom stereocenters. The van der Waals surface area contributed by atoms with Crippen molar-refractivity contribution < 1.29 is 9.53 Å². The van der Waals surface area contributed by atoms with Gasteiger partial charge in [-0.15, -0.1) is 0 Å². The van der Waals surface area contributed by atoms with E-state index in [0.717, 1.165) is 0 Å². The first-order valence-corrected chi connectivity index (χ1v) is 3.03. The van der Waals surface area contributed by atoms with E-state index in [1.54, 1.807) is 0 Å². The molecule has 1 aliphatic heterocycles. The molecule has 1 heterocycles. The first-order valence-electron chi connectivity index (χ1n) is 3.03. The molecule has 1 fully saturated rings. The van der Waals surface area contributed by atoms with Crippen LogP contribution in [0.2, 0.25) is 0 Å². The number of hydrogen-bond acceptors (Lipinski definition) is 2. The second-order valence-electron chi connectivity index (χ2n) is 2.46. The topological polar surface area (TPSA) is 26.3 Å². The number of cyclic esters (lactones) is 1. The van der Waals surface area contributed by atoms with Crippen LogP contribution in [0.15, 0.2) is 12.3 Å². The molecular weight excluding hydrogens is 128 g/mol. The van der Waals surface area contributed by atoms with E-state index in [1.165, 1.54) is 0 Å². The largest absolute Gasteiger partial charge is 0.431 e. The Morgan fingerprint density at radius 1 is 1.40 bits per heavy atom. The molecule has 0 spiro atoms. The molecule has 1 aliphatic rings. The highest BCUT2D eigenvalue weighted by atomic mass is 16.5. The van der Waals surface area contributed by atoms with Crippen LogP contribution in [0.5, 0.6) is 0 Å². The number of allylic oxidation sites excluding steroid dienone is 1. The van der Waals surface area contributed by atoms with Gasteiger partial charge in [0.15, 0.2) is 0 Å². The number of carbonyl (C=O) groups excluding carboxylic acids is 1. The van der Waals surface area contributed by atoms with E-state index in [1.807, 2.05) is 13.8 Å². The van der Waals surface area contributed by atoms with Gasteiger partial charge in [0.2, 0.25) is 0 Å². The Labute approximate surface area is 61.9 Å². The lowest BCUT2D eigenvalue weighted by molar-refractivity contribution is -0.138. The van der Waals surface area contributed by atoms with Gasteiger partial charge in [0.05, 0.1) is 5.92 Å². The van der Waals surface area contributed by atoms with Crippen molar-refractivity contribution in [2.24, 2.45) is 11.8 Å². The fraction of sp³-hybridized carbons (Fsp3) is 0.625. The van der Waals surface area contributed by atoms with E-state index in [-0.39, 0.29) is 25.2 Å². The van der Waals surface area contributed by atoms with Crippen molar-refractivity contribution >= 4 is 5.97 Å². The summed E-state index contributed by atoms with van der Waals surface area (Å²) >= 11 is 0. The van der Waals surface area contributed by atoms with Gasteiger partial charge >= 0.3 is 5.97 Å². The standard InChI is InChI=1S/C7H10O2.CH4/c1-4-5(2)7(8)9-6(4)3;/h4-5H,3H2,1-2H3;1H4. The molecule has 10 heavy (non-hydrogen) atoms. The molecule has 0 aliphatic carbocycles. The molecule has 0 N–H and O–H groups in total. The van der Waals surface area contributed by atoms with Gasteiger partial charge in [-0.1, -0.05) is 27.9 Å². The van der Waals surface area contributed by atoms with Crippen molar-refractivity contribution in [3.8, 4) is 0 Å². The zero-order valence-corrected chi connectivity index (χ0v) is 5.68. The van der Waals surface area contributed by atoms with Gasteiger partial charge in [-0.25, -0.2) is 0 Å². The van der Waals surface area contributed by atoms with E-state index in [4.69, 9.17) is 4.74 Å². The van der Waals surface area contributed by atoms with Crippen LogP contribution >= 0.6 is 0 Å². The smallest absolute Gasteiger partial charge is 0.314 e. The molecule has 2 heteroatoms.